The van der Waals surface area contributed by atoms with Crippen molar-refractivity contribution in [1.29, 1.82) is 0 Å². The van der Waals surface area contributed by atoms with Crippen LogP contribution in [0.3, 0.4) is 0 Å². The predicted octanol–water partition coefficient (Wildman–Crippen LogP) is 11.0. The maximum absolute atomic E-state index is 14.4. The van der Waals surface area contributed by atoms with Crippen molar-refractivity contribution in [2.75, 3.05) is 26.4 Å². The molecule has 0 aromatic carbocycles. The van der Waals surface area contributed by atoms with Gasteiger partial charge in [0.05, 0.1) is 13.2 Å². The second-order valence-electron chi connectivity index (χ2n) is 28.3. The molecule has 19 atom stereocenters. The van der Waals surface area contributed by atoms with E-state index in [4.69, 9.17) is 42.2 Å². The van der Waals surface area contributed by atoms with Gasteiger partial charge in [-0.3, -0.25) is 23.4 Å². The van der Waals surface area contributed by atoms with Crippen LogP contribution in [0.15, 0.2) is 12.2 Å². The predicted molar refractivity (Wildman–Crippen MR) is 375 cm³/mol. The molecule has 3 rings (SSSR count). The van der Waals surface area contributed by atoms with E-state index in [0.717, 1.165) is 116 Å². The molecular formula is C74H137O24P. The Hall–Kier alpha value is -2.30. The van der Waals surface area contributed by atoms with Crippen molar-refractivity contribution in [2.24, 2.45) is 5.92 Å². The van der Waals surface area contributed by atoms with Gasteiger partial charge in [0.15, 0.2) is 18.7 Å². The highest BCUT2D eigenvalue weighted by Gasteiger charge is 2.58. The first-order valence-electron chi connectivity index (χ1n) is 38.9. The highest BCUT2D eigenvalue weighted by molar-refractivity contribution is 7.47. The van der Waals surface area contributed by atoms with Gasteiger partial charge in [-0.1, -0.05) is 252 Å². The minimum Gasteiger partial charge on any atom is -0.463 e. The van der Waals surface area contributed by atoms with E-state index in [1.165, 1.54) is 122 Å². The van der Waals surface area contributed by atoms with Gasteiger partial charge in [0.1, 0.15) is 98.7 Å². The maximum atomic E-state index is 14.4. The number of allylic oxidation sites excluding steroid dienone is 2. The van der Waals surface area contributed by atoms with E-state index in [-0.39, 0.29) is 19.3 Å². The van der Waals surface area contributed by atoms with Crippen molar-refractivity contribution in [3.63, 3.8) is 0 Å². The molecule has 1 aliphatic carbocycles. The van der Waals surface area contributed by atoms with Crippen molar-refractivity contribution >= 4 is 25.7 Å². The van der Waals surface area contributed by atoms with Gasteiger partial charge in [-0.2, -0.15) is 0 Å². The van der Waals surface area contributed by atoms with Gasteiger partial charge < -0.3 is 89.1 Å². The molecule has 11 N–H and O–H groups in total. The zero-order chi connectivity index (χ0) is 72.6. The fourth-order valence-electron chi connectivity index (χ4n) is 13.0. The molecule has 0 spiro atoms. The van der Waals surface area contributed by atoms with Crippen LogP contribution < -0.4 is 0 Å². The van der Waals surface area contributed by atoms with Crippen molar-refractivity contribution < 1.29 is 117 Å². The average Bonchev–Trinajstić information content (AvgIpc) is 0.764. The van der Waals surface area contributed by atoms with Gasteiger partial charge >= 0.3 is 25.7 Å². The molecule has 99 heavy (non-hydrogen) atoms. The summed E-state index contributed by atoms with van der Waals surface area (Å²) in [5.74, 6) is -1.29. The lowest BCUT2D eigenvalue weighted by Gasteiger charge is -2.49. The Bertz CT molecular complexity index is 2110. The fourth-order valence-corrected chi connectivity index (χ4v) is 14.0. The van der Waals surface area contributed by atoms with Crippen LogP contribution in [0.2, 0.25) is 0 Å². The third-order valence-corrected chi connectivity index (χ3v) is 20.4. The number of aliphatic hydroxyl groups excluding tert-OH is 10. The molecule has 2 heterocycles. The van der Waals surface area contributed by atoms with Crippen LogP contribution in [-0.4, -0.2) is 204 Å². The quantitative estimate of drug-likeness (QED) is 0.00886. The molecule has 19 unspecified atom stereocenters. The smallest absolute Gasteiger partial charge is 0.463 e. The number of phosphoric acid groups is 1. The molecule has 3 aliphatic rings. The SMILES string of the molecule is CCCCCC/C=C\CCCCCCCCCC(=O)OC(COC(=O)CCCCCCCCC(C)CCCCCCCC)COP(=O)(O)OC1C(OC2OC(CO)C(O)C(O)C2O)C(O)C(O)C(O)C1OC1OC(COC(=O)CCCCCCCCCCCCCCC)C(O)C(O)C1O. The lowest BCUT2D eigenvalue weighted by Crippen LogP contribution is -2.69. The molecular weight excluding hydrogens is 1300 g/mol. The number of hydrogen-bond donors (Lipinski definition) is 11. The molecule has 582 valence electrons. The van der Waals surface area contributed by atoms with Gasteiger partial charge in [0.25, 0.3) is 0 Å². The van der Waals surface area contributed by atoms with Crippen molar-refractivity contribution in [1.82, 2.24) is 0 Å². The number of carbonyl (C=O) groups excluding carboxylic acids is 3. The number of rotatable bonds is 60. The number of esters is 3. The molecule has 0 bridgehead atoms. The Morgan fingerprint density at radius 1 is 0.414 bits per heavy atom. The van der Waals surface area contributed by atoms with E-state index in [1.54, 1.807) is 0 Å². The molecule has 0 radical (unpaired) electrons. The lowest BCUT2D eigenvalue weighted by molar-refractivity contribution is -0.360. The summed E-state index contributed by atoms with van der Waals surface area (Å²) < 4.78 is 65.1. The van der Waals surface area contributed by atoms with E-state index in [2.05, 4.69) is 39.8 Å². The zero-order valence-corrected chi connectivity index (χ0v) is 61.8. The third-order valence-electron chi connectivity index (χ3n) is 19.4. The summed E-state index contributed by atoms with van der Waals surface area (Å²) in [6.07, 6.45) is 12.7. The van der Waals surface area contributed by atoms with Crippen LogP contribution in [-0.2, 0) is 61.2 Å². The molecule has 24 nitrogen and oxygen atoms in total. The molecule has 2 aliphatic heterocycles. The minimum atomic E-state index is -5.70. The third kappa shape index (κ3) is 38.5. The largest absolute Gasteiger partial charge is 0.472 e. The number of phosphoric ester groups is 1. The highest BCUT2D eigenvalue weighted by Crippen LogP contribution is 2.49. The van der Waals surface area contributed by atoms with E-state index >= 15 is 0 Å². The monoisotopic (exact) mass is 1440 g/mol. The number of unbranched alkanes of at least 4 members (excludes halogenated alkanes) is 33. The summed E-state index contributed by atoms with van der Waals surface area (Å²) in [6, 6.07) is 0. The molecule has 2 saturated heterocycles. The lowest BCUT2D eigenvalue weighted by atomic mass is 9.84. The topological polar surface area (TPSA) is 374 Å². The summed E-state index contributed by atoms with van der Waals surface area (Å²) in [7, 11) is -5.70. The fraction of sp³-hybridized carbons (Fsp3) is 0.932. The Labute approximate surface area is 592 Å². The number of carbonyl (C=O) groups is 3. The average molecular weight is 1440 g/mol. The zero-order valence-electron chi connectivity index (χ0n) is 61.0. The molecule has 1 saturated carbocycles. The normalized spacial score (nSPS) is 27.8. The molecule has 3 fully saturated rings. The van der Waals surface area contributed by atoms with Gasteiger partial charge in [0, 0.05) is 19.3 Å². The second kappa shape index (κ2) is 55.2. The summed E-state index contributed by atoms with van der Waals surface area (Å²) in [5, 5.41) is 110. The van der Waals surface area contributed by atoms with Crippen molar-refractivity contribution in [2.45, 2.75) is 408 Å². The van der Waals surface area contributed by atoms with Crippen LogP contribution in [0.5, 0.6) is 0 Å². The molecule has 0 amide bonds. The summed E-state index contributed by atoms with van der Waals surface area (Å²) in [4.78, 5) is 51.1. The Morgan fingerprint density at radius 3 is 1.20 bits per heavy atom. The summed E-state index contributed by atoms with van der Waals surface area (Å²) in [6.45, 7) is 5.77. The maximum Gasteiger partial charge on any atom is 0.472 e. The van der Waals surface area contributed by atoms with Crippen LogP contribution >= 0.6 is 7.82 Å². The number of ether oxygens (including phenoxy) is 7. The number of aliphatic hydroxyl groups is 10. The van der Waals surface area contributed by atoms with E-state index in [1.807, 2.05) is 0 Å². The Balaban J connectivity index is 1.74. The molecule has 0 aromatic rings. The van der Waals surface area contributed by atoms with E-state index in [0.29, 0.717) is 25.2 Å². The summed E-state index contributed by atoms with van der Waals surface area (Å²) >= 11 is 0. The van der Waals surface area contributed by atoms with Crippen molar-refractivity contribution in [3.05, 3.63) is 12.2 Å². The van der Waals surface area contributed by atoms with Crippen LogP contribution in [0.25, 0.3) is 0 Å². The van der Waals surface area contributed by atoms with Crippen LogP contribution in [0.4, 0.5) is 0 Å². The van der Waals surface area contributed by atoms with Gasteiger partial charge in [-0.25, -0.2) is 4.57 Å². The van der Waals surface area contributed by atoms with E-state index in [9.17, 15) is 74.9 Å². The first kappa shape index (κ1) is 90.9. The van der Waals surface area contributed by atoms with Crippen molar-refractivity contribution in [3.8, 4) is 0 Å². The number of hydrogen-bond acceptors (Lipinski definition) is 23. The Kier molecular flexibility index (Phi) is 50.7. The second-order valence-corrected chi connectivity index (χ2v) is 29.8. The molecule has 0 aromatic heterocycles. The highest BCUT2D eigenvalue weighted by atomic mass is 31.2. The van der Waals surface area contributed by atoms with Gasteiger partial charge in [0.2, 0.25) is 0 Å². The van der Waals surface area contributed by atoms with Gasteiger partial charge in [-0.15, -0.1) is 0 Å². The van der Waals surface area contributed by atoms with Crippen LogP contribution in [0.1, 0.15) is 304 Å². The Morgan fingerprint density at radius 2 is 0.768 bits per heavy atom. The molecule has 25 heteroatoms. The van der Waals surface area contributed by atoms with Crippen LogP contribution in [0, 0.1) is 5.92 Å². The first-order chi connectivity index (χ1) is 47.7. The summed E-state index contributed by atoms with van der Waals surface area (Å²) in [5.41, 5.74) is 0. The standard InChI is InChI=1S/C74H137O24P/c1-5-8-11-14-17-19-21-23-24-26-28-30-32-39-44-49-60(78)93-55(51-90-58(76)47-42-38-34-33-36-41-46-54(4)45-40-35-16-13-10-7-3)52-92-99(88,89)98-72-70(96-73-68(86)63(81)61(79)56(50-75)94-73)66(84)65(83)67(85)71(72)97-74-69(87)64(82)62(80)57(95-74)53-91-59(77)48-43-37-31-29-27-25-22-20-18-15-12-9-6-2/h19,21,54-57,61-75,79-87H,5-18,20,22-53H2,1-4H3,(H,88,89)/b21-19-. The first-order valence-corrected chi connectivity index (χ1v) is 40.4. The minimum absolute atomic E-state index is 0.0318. The van der Waals surface area contributed by atoms with Gasteiger partial charge in [-0.05, 0) is 50.9 Å². The van der Waals surface area contributed by atoms with E-state index < -0.39 is 156 Å².